The van der Waals surface area contributed by atoms with E-state index in [9.17, 15) is 14.7 Å². The van der Waals surface area contributed by atoms with Gasteiger partial charge in [-0.3, -0.25) is 19.2 Å². The van der Waals surface area contributed by atoms with E-state index in [-0.39, 0.29) is 24.3 Å². The van der Waals surface area contributed by atoms with Crippen molar-refractivity contribution in [3.05, 3.63) is 50.2 Å². The number of H-pyrrole nitrogens is 1. The second-order valence-electron chi connectivity index (χ2n) is 8.63. The van der Waals surface area contributed by atoms with Gasteiger partial charge in [-0.05, 0) is 37.1 Å². The predicted octanol–water partition coefficient (Wildman–Crippen LogP) is 0.224. The van der Waals surface area contributed by atoms with Crippen molar-refractivity contribution in [1.82, 2.24) is 24.0 Å². The summed E-state index contributed by atoms with van der Waals surface area (Å²) in [5.74, 6) is 1.09. The van der Waals surface area contributed by atoms with Gasteiger partial charge >= 0.3 is 5.69 Å². The highest BCUT2D eigenvalue weighted by Gasteiger charge is 2.20. The van der Waals surface area contributed by atoms with Gasteiger partial charge in [0.2, 0.25) is 5.95 Å². The van der Waals surface area contributed by atoms with Crippen molar-refractivity contribution in [3.8, 4) is 5.75 Å². The van der Waals surface area contributed by atoms with Crippen LogP contribution in [0.5, 0.6) is 5.75 Å². The minimum Gasteiger partial charge on any atom is -0.491 e. The summed E-state index contributed by atoms with van der Waals surface area (Å²) in [6, 6.07) is 5.76. The number of rotatable bonds is 9. The van der Waals surface area contributed by atoms with E-state index in [4.69, 9.17) is 9.47 Å². The highest BCUT2D eigenvalue weighted by Crippen LogP contribution is 2.18. The number of hydrogen-bond acceptors (Lipinski definition) is 8. The van der Waals surface area contributed by atoms with E-state index < -0.39 is 17.4 Å². The lowest BCUT2D eigenvalue weighted by Crippen LogP contribution is -2.39. The van der Waals surface area contributed by atoms with Crippen LogP contribution in [0.3, 0.4) is 0 Å². The average Bonchev–Trinajstić information content (AvgIpc) is 3.17. The van der Waals surface area contributed by atoms with Gasteiger partial charge in [0.15, 0.2) is 11.2 Å². The van der Waals surface area contributed by atoms with Crippen LogP contribution < -0.4 is 21.3 Å². The van der Waals surface area contributed by atoms with Gasteiger partial charge in [-0.15, -0.1) is 0 Å². The van der Waals surface area contributed by atoms with Crippen LogP contribution in [0.4, 0.5) is 5.95 Å². The number of imidazole rings is 1. The van der Waals surface area contributed by atoms with Crippen molar-refractivity contribution in [1.29, 1.82) is 0 Å². The molecular weight excluding hydrogens is 440 g/mol. The molecule has 0 aliphatic carbocycles. The summed E-state index contributed by atoms with van der Waals surface area (Å²) in [7, 11) is 1.55. The number of aromatic nitrogens is 4. The largest absolute Gasteiger partial charge is 0.491 e. The van der Waals surface area contributed by atoms with E-state index in [2.05, 4.69) is 20.2 Å². The number of aliphatic hydroxyl groups excluding tert-OH is 1. The molecule has 11 nitrogen and oxygen atoms in total. The zero-order chi connectivity index (χ0) is 24.2. The Morgan fingerprint density at radius 3 is 2.74 bits per heavy atom. The molecule has 1 fully saturated rings. The Kier molecular flexibility index (Phi) is 7.35. The Labute approximate surface area is 196 Å². The van der Waals surface area contributed by atoms with Gasteiger partial charge in [0, 0.05) is 33.2 Å². The fraction of sp³-hybridized carbons (Fsp3) is 0.522. The van der Waals surface area contributed by atoms with Crippen LogP contribution in [-0.2, 0) is 18.3 Å². The van der Waals surface area contributed by atoms with Crippen LogP contribution in [0.25, 0.3) is 11.2 Å². The number of aliphatic hydroxyl groups is 1. The predicted molar refractivity (Wildman–Crippen MR) is 129 cm³/mol. The topological polar surface area (TPSA) is 127 Å². The van der Waals surface area contributed by atoms with E-state index in [1.54, 1.807) is 11.6 Å². The number of hydrogen-bond donors (Lipinski definition) is 3. The van der Waals surface area contributed by atoms with E-state index in [0.29, 0.717) is 31.5 Å². The fourth-order valence-electron chi connectivity index (χ4n) is 3.96. The molecule has 3 aromatic rings. The molecule has 0 saturated carbocycles. The fourth-order valence-corrected chi connectivity index (χ4v) is 3.96. The maximum atomic E-state index is 12.6. The highest BCUT2D eigenvalue weighted by molar-refractivity contribution is 5.74. The molecule has 184 valence electrons. The summed E-state index contributed by atoms with van der Waals surface area (Å²) in [5.41, 5.74) is 1.66. The van der Waals surface area contributed by atoms with Crippen LogP contribution in [0.15, 0.2) is 27.8 Å². The lowest BCUT2D eigenvalue weighted by molar-refractivity contribution is 0.0398. The van der Waals surface area contributed by atoms with Crippen molar-refractivity contribution in [2.75, 3.05) is 51.3 Å². The Morgan fingerprint density at radius 2 is 2.00 bits per heavy atom. The maximum Gasteiger partial charge on any atom is 0.329 e. The monoisotopic (exact) mass is 472 g/mol. The van der Waals surface area contributed by atoms with E-state index in [0.717, 1.165) is 30.8 Å². The standard InChI is InChI=1S/C23H32N6O5/c1-15-4-5-18(12-16(15)2)34-14-17(30)13-29-19-20(27(3)23(32)26-21(19)31)25-22(29)24-6-7-28-8-10-33-11-9-28/h4-5,12,17,30H,6-11,13-14H2,1-3H3,(H,24,25)(H,26,31,32)/t17-/m0/s1. The summed E-state index contributed by atoms with van der Waals surface area (Å²) in [4.78, 5) is 33.8. The lowest BCUT2D eigenvalue weighted by Gasteiger charge is -2.26. The Bertz CT molecular complexity index is 1260. The number of nitrogens with zero attached hydrogens (tertiary/aromatic N) is 4. The van der Waals surface area contributed by atoms with Gasteiger partial charge < -0.3 is 24.5 Å². The first-order valence-electron chi connectivity index (χ1n) is 11.4. The van der Waals surface area contributed by atoms with Gasteiger partial charge in [0.1, 0.15) is 18.5 Å². The smallest absolute Gasteiger partial charge is 0.329 e. The zero-order valence-electron chi connectivity index (χ0n) is 19.8. The first kappa shape index (κ1) is 24.0. The number of aromatic amines is 1. The molecular formula is C23H32N6O5. The molecule has 0 unspecified atom stereocenters. The minimum atomic E-state index is -0.907. The molecule has 11 heteroatoms. The first-order valence-corrected chi connectivity index (χ1v) is 11.4. The van der Waals surface area contributed by atoms with Gasteiger partial charge in [-0.1, -0.05) is 6.07 Å². The number of ether oxygens (including phenoxy) is 2. The SMILES string of the molecule is Cc1ccc(OC[C@@H](O)Cn2c(NCCN3CCOCC3)nc3c2c(=O)[nH]c(=O)n3C)cc1C. The number of benzene rings is 1. The molecule has 34 heavy (non-hydrogen) atoms. The Balaban J connectivity index is 1.52. The normalized spacial score (nSPS) is 15.5. The van der Waals surface area contributed by atoms with Crippen LogP contribution >= 0.6 is 0 Å². The van der Waals surface area contributed by atoms with E-state index >= 15 is 0 Å². The van der Waals surface area contributed by atoms with Crippen LogP contribution in [0.2, 0.25) is 0 Å². The molecule has 3 heterocycles. The van der Waals surface area contributed by atoms with E-state index in [1.807, 2.05) is 32.0 Å². The number of morpholine rings is 1. The molecule has 1 aliphatic rings. The molecule has 2 aromatic heterocycles. The van der Waals surface area contributed by atoms with Crippen LogP contribution in [-0.4, -0.2) is 81.2 Å². The molecule has 1 aliphatic heterocycles. The molecule has 0 spiro atoms. The maximum absolute atomic E-state index is 12.6. The summed E-state index contributed by atoms with van der Waals surface area (Å²) < 4.78 is 14.1. The van der Waals surface area contributed by atoms with Gasteiger partial charge in [-0.25, -0.2) is 4.79 Å². The molecule has 0 bridgehead atoms. The summed E-state index contributed by atoms with van der Waals surface area (Å²) in [5, 5.41) is 14.0. The average molecular weight is 473 g/mol. The van der Waals surface area contributed by atoms with Crippen molar-refractivity contribution < 1.29 is 14.6 Å². The first-order chi connectivity index (χ1) is 16.3. The number of anilines is 1. The van der Waals surface area contributed by atoms with Crippen molar-refractivity contribution >= 4 is 17.1 Å². The van der Waals surface area contributed by atoms with Gasteiger partial charge in [0.25, 0.3) is 5.56 Å². The molecule has 0 radical (unpaired) electrons. The van der Waals surface area contributed by atoms with Crippen molar-refractivity contribution in [3.63, 3.8) is 0 Å². The molecule has 1 aromatic carbocycles. The molecule has 4 rings (SSSR count). The second-order valence-corrected chi connectivity index (χ2v) is 8.63. The third-order valence-corrected chi connectivity index (χ3v) is 6.14. The van der Waals surface area contributed by atoms with Crippen molar-refractivity contribution in [2.45, 2.75) is 26.5 Å². The number of nitrogens with one attached hydrogen (secondary N) is 2. The second kappa shape index (κ2) is 10.4. The summed E-state index contributed by atoms with van der Waals surface area (Å²) in [6.45, 7) is 8.65. The van der Waals surface area contributed by atoms with Crippen LogP contribution in [0, 0.1) is 13.8 Å². The zero-order valence-corrected chi connectivity index (χ0v) is 19.8. The molecule has 0 amide bonds. The van der Waals surface area contributed by atoms with Crippen molar-refractivity contribution in [2.24, 2.45) is 7.05 Å². The summed E-state index contributed by atoms with van der Waals surface area (Å²) in [6.07, 6.45) is -0.907. The van der Waals surface area contributed by atoms with Gasteiger partial charge in [0.05, 0.1) is 19.8 Å². The van der Waals surface area contributed by atoms with Crippen LogP contribution in [0.1, 0.15) is 11.1 Å². The van der Waals surface area contributed by atoms with E-state index in [1.165, 1.54) is 4.57 Å². The third kappa shape index (κ3) is 5.32. The molecule has 1 atom stereocenters. The Hall–Kier alpha value is -3.15. The quantitative estimate of drug-likeness (QED) is 0.404. The highest BCUT2D eigenvalue weighted by atomic mass is 16.5. The van der Waals surface area contributed by atoms with Gasteiger partial charge in [-0.2, -0.15) is 4.98 Å². The minimum absolute atomic E-state index is 0.0407. The number of aryl methyl sites for hydroxylation is 3. The summed E-state index contributed by atoms with van der Waals surface area (Å²) >= 11 is 0. The third-order valence-electron chi connectivity index (χ3n) is 6.14. The number of fused-ring (bicyclic) bond motifs is 1. The lowest BCUT2D eigenvalue weighted by atomic mass is 10.1. The molecule has 3 N–H and O–H groups in total. The molecule has 1 saturated heterocycles. The Morgan fingerprint density at radius 1 is 1.24 bits per heavy atom.